The van der Waals surface area contributed by atoms with Crippen LogP contribution in [0.3, 0.4) is 0 Å². The van der Waals surface area contributed by atoms with E-state index in [0.717, 1.165) is 30.9 Å². The molecule has 116 valence electrons. The number of thiophene rings is 1. The molecule has 1 fully saturated rings. The number of nitrogens with zero attached hydrogens (tertiary/aromatic N) is 1. The summed E-state index contributed by atoms with van der Waals surface area (Å²) in [6.07, 6.45) is 3.30. The quantitative estimate of drug-likeness (QED) is 0.785. The van der Waals surface area contributed by atoms with Crippen molar-refractivity contribution < 1.29 is 9.59 Å². The van der Waals surface area contributed by atoms with Gasteiger partial charge in [-0.2, -0.15) is 0 Å². The van der Waals surface area contributed by atoms with Gasteiger partial charge in [0.1, 0.15) is 9.88 Å². The summed E-state index contributed by atoms with van der Waals surface area (Å²) in [5, 5.41) is 3.27. The van der Waals surface area contributed by atoms with Crippen LogP contribution in [0.2, 0.25) is 0 Å². The molecule has 1 aromatic rings. The number of rotatable bonds is 3. The molecule has 1 saturated heterocycles. The molecule has 0 aromatic carbocycles. The number of carbonyl (C=O) groups excluding carboxylic acids is 2. The summed E-state index contributed by atoms with van der Waals surface area (Å²) in [5.41, 5.74) is 11.9. The van der Waals surface area contributed by atoms with Gasteiger partial charge in [-0.05, 0) is 25.2 Å². The minimum atomic E-state index is -0.578. The maximum atomic E-state index is 11.9. The number of nitrogens with one attached hydrogen (secondary N) is 1. The molecular formula is C14H22N4O2S. The average molecular weight is 310 g/mol. The van der Waals surface area contributed by atoms with Crippen molar-refractivity contribution in [3.05, 3.63) is 10.4 Å². The van der Waals surface area contributed by atoms with Crippen molar-refractivity contribution in [3.63, 3.8) is 0 Å². The number of amides is 2. The minimum absolute atomic E-state index is 0.194. The van der Waals surface area contributed by atoms with Gasteiger partial charge >= 0.3 is 0 Å². The maximum Gasteiger partial charge on any atom is 0.263 e. The third kappa shape index (κ3) is 3.12. The Hall–Kier alpha value is -1.76. The van der Waals surface area contributed by atoms with E-state index in [1.54, 1.807) is 7.05 Å². The second kappa shape index (κ2) is 6.34. The van der Waals surface area contributed by atoms with Crippen LogP contribution in [0.25, 0.3) is 0 Å². The molecule has 1 aromatic heterocycles. The third-order valence-electron chi connectivity index (χ3n) is 3.91. The molecule has 1 aliphatic rings. The third-order valence-corrected chi connectivity index (χ3v) is 5.18. The number of hydrogen-bond acceptors (Lipinski definition) is 5. The van der Waals surface area contributed by atoms with E-state index >= 15 is 0 Å². The van der Waals surface area contributed by atoms with E-state index in [4.69, 9.17) is 11.5 Å². The summed E-state index contributed by atoms with van der Waals surface area (Å²) in [6, 6.07) is 0. The van der Waals surface area contributed by atoms with Crippen molar-refractivity contribution in [2.75, 3.05) is 30.8 Å². The highest BCUT2D eigenvalue weighted by Gasteiger charge is 2.27. The summed E-state index contributed by atoms with van der Waals surface area (Å²) in [6.45, 7) is 3.95. The molecule has 0 radical (unpaired) electrons. The van der Waals surface area contributed by atoms with Crippen LogP contribution in [0.5, 0.6) is 0 Å². The minimum Gasteiger partial charge on any atom is -0.397 e. The van der Waals surface area contributed by atoms with Crippen LogP contribution in [0.4, 0.5) is 10.7 Å². The fourth-order valence-electron chi connectivity index (χ4n) is 2.64. The Bertz CT molecular complexity index is 555. The monoisotopic (exact) mass is 310 g/mol. The topological polar surface area (TPSA) is 101 Å². The molecule has 0 spiro atoms. The molecular weight excluding hydrogens is 288 g/mol. The number of carbonyl (C=O) groups is 2. The van der Waals surface area contributed by atoms with E-state index in [1.165, 1.54) is 17.8 Å². The molecule has 1 unspecified atom stereocenters. The van der Waals surface area contributed by atoms with Crippen LogP contribution >= 0.6 is 11.3 Å². The Morgan fingerprint density at radius 2 is 2.05 bits per heavy atom. The van der Waals surface area contributed by atoms with Crippen LogP contribution in [-0.2, 0) is 0 Å². The largest absolute Gasteiger partial charge is 0.397 e. The van der Waals surface area contributed by atoms with E-state index in [2.05, 4.69) is 17.1 Å². The smallest absolute Gasteiger partial charge is 0.263 e. The van der Waals surface area contributed by atoms with Gasteiger partial charge < -0.3 is 21.7 Å². The first-order chi connectivity index (χ1) is 9.95. The molecule has 0 bridgehead atoms. The van der Waals surface area contributed by atoms with Gasteiger partial charge in [-0.1, -0.05) is 6.92 Å². The Morgan fingerprint density at radius 3 is 2.67 bits per heavy atom. The van der Waals surface area contributed by atoms with Gasteiger partial charge in [0.25, 0.3) is 11.8 Å². The molecule has 2 amide bonds. The maximum absolute atomic E-state index is 11.9. The Kier molecular flexibility index (Phi) is 4.72. The lowest BCUT2D eigenvalue weighted by Gasteiger charge is -2.21. The van der Waals surface area contributed by atoms with Crippen LogP contribution in [0, 0.1) is 5.92 Å². The van der Waals surface area contributed by atoms with E-state index in [0.29, 0.717) is 10.8 Å². The number of hydrogen-bond donors (Lipinski definition) is 3. The Morgan fingerprint density at radius 1 is 1.33 bits per heavy atom. The van der Waals surface area contributed by atoms with E-state index < -0.39 is 5.91 Å². The molecule has 2 rings (SSSR count). The molecule has 0 aliphatic carbocycles. The van der Waals surface area contributed by atoms with Gasteiger partial charge in [-0.3, -0.25) is 9.59 Å². The fraction of sp³-hybridized carbons (Fsp3) is 0.571. The second-order valence-electron chi connectivity index (χ2n) is 5.49. The number of primary amides is 1. The highest BCUT2D eigenvalue weighted by atomic mass is 32.1. The molecule has 6 nitrogen and oxygen atoms in total. The van der Waals surface area contributed by atoms with Crippen molar-refractivity contribution >= 4 is 33.8 Å². The molecule has 0 saturated carbocycles. The van der Waals surface area contributed by atoms with Crippen molar-refractivity contribution in [2.24, 2.45) is 11.7 Å². The molecule has 2 heterocycles. The van der Waals surface area contributed by atoms with Crippen LogP contribution in [0.15, 0.2) is 0 Å². The zero-order valence-corrected chi connectivity index (χ0v) is 13.3. The van der Waals surface area contributed by atoms with Gasteiger partial charge in [0.2, 0.25) is 0 Å². The number of anilines is 2. The summed E-state index contributed by atoms with van der Waals surface area (Å²) < 4.78 is 0. The Balaban J connectivity index is 2.42. The van der Waals surface area contributed by atoms with E-state index in [1.807, 2.05) is 0 Å². The van der Waals surface area contributed by atoms with Crippen molar-refractivity contribution in [2.45, 2.75) is 26.2 Å². The van der Waals surface area contributed by atoms with Crippen molar-refractivity contribution in [1.29, 1.82) is 0 Å². The Labute approximate surface area is 128 Å². The molecule has 21 heavy (non-hydrogen) atoms. The molecule has 5 N–H and O–H groups in total. The van der Waals surface area contributed by atoms with Crippen LogP contribution in [0.1, 0.15) is 46.2 Å². The molecule has 1 atom stereocenters. The molecule has 1 aliphatic heterocycles. The highest BCUT2D eigenvalue weighted by molar-refractivity contribution is 7.19. The first-order valence-corrected chi connectivity index (χ1v) is 7.96. The summed E-state index contributed by atoms with van der Waals surface area (Å²) in [4.78, 5) is 26.1. The lowest BCUT2D eigenvalue weighted by atomic mass is 10.0. The van der Waals surface area contributed by atoms with E-state index in [9.17, 15) is 9.59 Å². The van der Waals surface area contributed by atoms with Crippen LogP contribution < -0.4 is 21.7 Å². The molecule has 7 heteroatoms. The fourth-order valence-corrected chi connectivity index (χ4v) is 3.86. The summed E-state index contributed by atoms with van der Waals surface area (Å²) in [5.74, 6) is -0.191. The first kappa shape index (κ1) is 15.6. The van der Waals surface area contributed by atoms with Crippen LogP contribution in [-0.4, -0.2) is 32.0 Å². The van der Waals surface area contributed by atoms with Gasteiger partial charge in [0.15, 0.2) is 0 Å². The summed E-state index contributed by atoms with van der Waals surface area (Å²) in [7, 11) is 1.54. The summed E-state index contributed by atoms with van der Waals surface area (Å²) >= 11 is 1.25. The normalized spacial score (nSPS) is 19.1. The zero-order valence-electron chi connectivity index (χ0n) is 12.4. The van der Waals surface area contributed by atoms with Gasteiger partial charge in [0, 0.05) is 20.1 Å². The predicted molar refractivity (Wildman–Crippen MR) is 85.9 cm³/mol. The zero-order chi connectivity index (χ0) is 15.6. The van der Waals surface area contributed by atoms with Crippen molar-refractivity contribution in [3.8, 4) is 0 Å². The standard InChI is InChI=1S/C14H22N4O2S/c1-8-4-3-6-18(7-5-8)14-9(12(16)19)10(15)11(21-14)13(20)17-2/h8H,3-7,15H2,1-2H3,(H2,16,19)(H,17,20). The highest BCUT2D eigenvalue weighted by Crippen LogP contribution is 2.39. The average Bonchev–Trinajstić information content (AvgIpc) is 2.63. The van der Waals surface area contributed by atoms with Crippen molar-refractivity contribution in [1.82, 2.24) is 5.32 Å². The first-order valence-electron chi connectivity index (χ1n) is 7.14. The van der Waals surface area contributed by atoms with E-state index in [-0.39, 0.29) is 17.2 Å². The lowest BCUT2D eigenvalue weighted by Crippen LogP contribution is -2.26. The van der Waals surface area contributed by atoms with Gasteiger partial charge in [-0.25, -0.2) is 0 Å². The SMILES string of the molecule is CNC(=O)c1sc(N2CCCC(C)CC2)c(C(N)=O)c1N. The lowest BCUT2D eigenvalue weighted by molar-refractivity contribution is 0.0967. The predicted octanol–water partition coefficient (Wildman–Crippen LogP) is 1.42. The number of nitrogens with two attached hydrogens (primary N) is 2. The second-order valence-corrected chi connectivity index (χ2v) is 6.49. The number of nitrogen functional groups attached to an aromatic ring is 1. The van der Waals surface area contributed by atoms with Gasteiger partial charge in [-0.15, -0.1) is 11.3 Å². The van der Waals surface area contributed by atoms with Gasteiger partial charge in [0.05, 0.1) is 11.3 Å².